The van der Waals surface area contributed by atoms with Gasteiger partial charge in [0, 0.05) is 13.1 Å². The average molecular weight is 281 g/mol. The number of sulfonamides is 1. The van der Waals surface area contributed by atoms with Gasteiger partial charge >= 0.3 is 0 Å². The minimum absolute atomic E-state index is 0.0784. The lowest BCUT2D eigenvalue weighted by Gasteiger charge is -2.32. The van der Waals surface area contributed by atoms with Crippen LogP contribution in [-0.2, 0) is 10.0 Å². The molecule has 1 aliphatic rings. The number of aliphatic hydroxyl groups is 1. The number of aliphatic hydroxyl groups excluding tert-OH is 1. The minimum atomic E-state index is -3.81. The Labute approximate surface area is 112 Å². The molecule has 3 N–H and O–H groups in total. The van der Waals surface area contributed by atoms with E-state index in [9.17, 15) is 13.5 Å². The zero-order valence-electron chi connectivity index (χ0n) is 10.3. The molecule has 1 atom stereocenters. The molecule has 0 aliphatic carbocycles. The second-order valence-corrected chi connectivity index (χ2v) is 6.14. The molecular weight excluding hydrogens is 266 g/mol. The second kappa shape index (κ2) is 5.17. The lowest BCUT2D eigenvalue weighted by Crippen LogP contribution is -2.38. The van der Waals surface area contributed by atoms with Gasteiger partial charge in [-0.15, -0.1) is 0 Å². The maximum atomic E-state index is 11.3. The normalized spacial score (nSPS) is 20.1. The Morgan fingerprint density at radius 3 is 2.79 bits per heavy atom. The number of rotatable bonds is 2. The van der Waals surface area contributed by atoms with E-state index >= 15 is 0 Å². The van der Waals surface area contributed by atoms with E-state index in [2.05, 4.69) is 0 Å². The van der Waals surface area contributed by atoms with Crippen LogP contribution in [0.4, 0.5) is 5.69 Å². The van der Waals surface area contributed by atoms with Gasteiger partial charge in [0.25, 0.3) is 0 Å². The van der Waals surface area contributed by atoms with Crippen LogP contribution in [0.25, 0.3) is 0 Å². The SMILES string of the molecule is N#Cc1cc(S(N)(=O)=O)ccc1N1CCC[C@H](O)C1. The Hall–Kier alpha value is -1.62. The summed E-state index contributed by atoms with van der Waals surface area (Å²) in [7, 11) is -3.81. The fraction of sp³-hybridized carbons (Fsp3) is 0.417. The van der Waals surface area contributed by atoms with Crippen LogP contribution in [0.5, 0.6) is 0 Å². The van der Waals surface area contributed by atoms with E-state index in [0.717, 1.165) is 19.4 Å². The third kappa shape index (κ3) is 3.04. The van der Waals surface area contributed by atoms with Crippen LogP contribution < -0.4 is 10.0 Å². The number of piperidine rings is 1. The summed E-state index contributed by atoms with van der Waals surface area (Å²) < 4.78 is 22.5. The molecule has 0 spiro atoms. The van der Waals surface area contributed by atoms with Gasteiger partial charge in [0.2, 0.25) is 10.0 Å². The monoisotopic (exact) mass is 281 g/mol. The van der Waals surface area contributed by atoms with Gasteiger partial charge in [-0.1, -0.05) is 0 Å². The van der Waals surface area contributed by atoms with Crippen molar-refractivity contribution in [2.45, 2.75) is 23.8 Å². The molecule has 0 radical (unpaired) electrons. The maximum absolute atomic E-state index is 11.3. The summed E-state index contributed by atoms with van der Waals surface area (Å²) >= 11 is 0. The first kappa shape index (κ1) is 13.8. The molecule has 6 nitrogen and oxygen atoms in total. The van der Waals surface area contributed by atoms with Crippen LogP contribution in [0.3, 0.4) is 0 Å². The summed E-state index contributed by atoms with van der Waals surface area (Å²) in [4.78, 5) is 1.81. The summed E-state index contributed by atoms with van der Waals surface area (Å²) in [6.07, 6.45) is 1.16. The average Bonchev–Trinajstić information content (AvgIpc) is 2.37. The predicted octanol–water partition coefficient (Wildman–Crippen LogP) is 0.167. The van der Waals surface area contributed by atoms with Gasteiger partial charge in [0.05, 0.1) is 22.3 Å². The molecule has 1 heterocycles. The van der Waals surface area contributed by atoms with E-state index in [0.29, 0.717) is 12.2 Å². The van der Waals surface area contributed by atoms with Crippen molar-refractivity contribution in [1.82, 2.24) is 0 Å². The lowest BCUT2D eigenvalue weighted by atomic mass is 10.1. The Morgan fingerprint density at radius 1 is 1.47 bits per heavy atom. The zero-order valence-corrected chi connectivity index (χ0v) is 11.1. The third-order valence-corrected chi connectivity index (χ3v) is 4.07. The Balaban J connectivity index is 2.39. The van der Waals surface area contributed by atoms with Crippen LogP contribution >= 0.6 is 0 Å². The number of β-amino-alcohol motifs (C(OH)–C–C–N with tert-alkyl or cyclic N) is 1. The highest BCUT2D eigenvalue weighted by Gasteiger charge is 2.21. The van der Waals surface area contributed by atoms with E-state index in [1.54, 1.807) is 6.07 Å². The van der Waals surface area contributed by atoms with Crippen LogP contribution in [0, 0.1) is 11.3 Å². The Kier molecular flexibility index (Phi) is 3.75. The number of nitrogens with two attached hydrogens (primary N) is 1. The van der Waals surface area contributed by atoms with Crippen molar-refractivity contribution in [3.63, 3.8) is 0 Å². The third-order valence-electron chi connectivity index (χ3n) is 3.15. The molecule has 19 heavy (non-hydrogen) atoms. The molecule has 0 unspecified atom stereocenters. The molecule has 0 amide bonds. The summed E-state index contributed by atoms with van der Waals surface area (Å²) in [5, 5.41) is 23.8. The summed E-state index contributed by atoms with van der Waals surface area (Å²) in [5.41, 5.74) is 0.884. The van der Waals surface area contributed by atoms with Gasteiger partial charge in [-0.05, 0) is 31.0 Å². The molecule has 2 rings (SSSR count). The number of nitrogens with zero attached hydrogens (tertiary/aromatic N) is 2. The van der Waals surface area contributed by atoms with E-state index in [1.165, 1.54) is 12.1 Å². The molecule has 102 valence electrons. The van der Waals surface area contributed by atoms with Gasteiger partial charge in [0.1, 0.15) is 6.07 Å². The summed E-state index contributed by atoms with van der Waals surface area (Å²) in [6.45, 7) is 1.18. The number of nitriles is 1. The van der Waals surface area contributed by atoms with E-state index < -0.39 is 16.1 Å². The highest BCUT2D eigenvalue weighted by molar-refractivity contribution is 7.89. The summed E-state index contributed by atoms with van der Waals surface area (Å²) in [6, 6.07) is 6.19. The largest absolute Gasteiger partial charge is 0.391 e. The van der Waals surface area contributed by atoms with E-state index in [4.69, 9.17) is 10.4 Å². The molecule has 1 saturated heterocycles. The Morgan fingerprint density at radius 2 is 2.21 bits per heavy atom. The molecule has 0 aromatic heterocycles. The highest BCUT2D eigenvalue weighted by atomic mass is 32.2. The van der Waals surface area contributed by atoms with Crippen molar-refractivity contribution >= 4 is 15.7 Å². The molecule has 1 fully saturated rings. The molecule has 0 saturated carbocycles. The van der Waals surface area contributed by atoms with E-state index in [-0.39, 0.29) is 10.5 Å². The lowest BCUT2D eigenvalue weighted by molar-refractivity contribution is 0.154. The van der Waals surface area contributed by atoms with Crippen LogP contribution in [0.1, 0.15) is 18.4 Å². The smallest absolute Gasteiger partial charge is 0.238 e. The van der Waals surface area contributed by atoms with Crippen LogP contribution in [0.15, 0.2) is 23.1 Å². The van der Waals surface area contributed by atoms with Gasteiger partial charge in [-0.2, -0.15) is 5.26 Å². The van der Waals surface area contributed by atoms with Crippen LogP contribution in [-0.4, -0.2) is 32.7 Å². The van der Waals surface area contributed by atoms with Crippen molar-refractivity contribution < 1.29 is 13.5 Å². The number of anilines is 1. The van der Waals surface area contributed by atoms with E-state index in [1.807, 2.05) is 11.0 Å². The van der Waals surface area contributed by atoms with Crippen molar-refractivity contribution in [3.8, 4) is 6.07 Å². The number of primary sulfonamides is 1. The first-order chi connectivity index (χ1) is 8.91. The Bertz CT molecular complexity index is 622. The van der Waals surface area contributed by atoms with Crippen LogP contribution in [0.2, 0.25) is 0 Å². The summed E-state index contributed by atoms with van der Waals surface area (Å²) in [5.74, 6) is 0. The predicted molar refractivity (Wildman–Crippen MR) is 70.0 cm³/mol. The standard InChI is InChI=1S/C12H15N3O3S/c13-7-9-6-11(19(14,17)18)3-4-12(9)15-5-1-2-10(16)8-15/h3-4,6,10,16H,1-2,5,8H2,(H2,14,17,18)/t10-/m0/s1. The number of benzene rings is 1. The molecule has 1 aromatic rings. The van der Waals surface area contributed by atoms with Gasteiger partial charge in [-0.3, -0.25) is 0 Å². The van der Waals surface area contributed by atoms with Gasteiger partial charge < -0.3 is 10.0 Å². The van der Waals surface area contributed by atoms with Crippen molar-refractivity contribution in [3.05, 3.63) is 23.8 Å². The number of hydrogen-bond acceptors (Lipinski definition) is 5. The minimum Gasteiger partial charge on any atom is -0.391 e. The maximum Gasteiger partial charge on any atom is 0.238 e. The van der Waals surface area contributed by atoms with Crippen molar-refractivity contribution in [2.75, 3.05) is 18.0 Å². The topological polar surface area (TPSA) is 107 Å². The first-order valence-electron chi connectivity index (χ1n) is 5.92. The first-order valence-corrected chi connectivity index (χ1v) is 7.46. The number of hydrogen-bond donors (Lipinski definition) is 2. The fourth-order valence-corrected chi connectivity index (χ4v) is 2.77. The molecule has 0 bridgehead atoms. The molecular formula is C12H15N3O3S. The van der Waals surface area contributed by atoms with Crippen molar-refractivity contribution in [2.24, 2.45) is 5.14 Å². The molecule has 1 aromatic carbocycles. The quantitative estimate of drug-likeness (QED) is 0.803. The zero-order chi connectivity index (χ0) is 14.0. The molecule has 1 aliphatic heterocycles. The van der Waals surface area contributed by atoms with Crippen molar-refractivity contribution in [1.29, 1.82) is 5.26 Å². The fourth-order valence-electron chi connectivity index (χ4n) is 2.23. The van der Waals surface area contributed by atoms with Gasteiger partial charge in [0.15, 0.2) is 0 Å². The highest BCUT2D eigenvalue weighted by Crippen LogP contribution is 2.26. The second-order valence-electron chi connectivity index (χ2n) is 4.58. The molecule has 7 heteroatoms. The van der Waals surface area contributed by atoms with Gasteiger partial charge in [-0.25, -0.2) is 13.6 Å².